The second-order valence-corrected chi connectivity index (χ2v) is 4.79. The third kappa shape index (κ3) is 2.37. The van der Waals surface area contributed by atoms with Gasteiger partial charge in [0, 0.05) is 16.6 Å². The summed E-state index contributed by atoms with van der Waals surface area (Å²) in [5.41, 5.74) is 1.08. The minimum absolute atomic E-state index is 0.107. The first-order chi connectivity index (χ1) is 7.16. The SMILES string of the molecule is Cc1cc(NC(=O)C2CCC2)ncc1Br. The molecule has 1 aromatic heterocycles. The number of halogens is 1. The third-order valence-electron chi connectivity index (χ3n) is 2.77. The van der Waals surface area contributed by atoms with E-state index in [2.05, 4.69) is 26.2 Å². The van der Waals surface area contributed by atoms with Crippen molar-refractivity contribution in [2.24, 2.45) is 5.92 Å². The highest BCUT2D eigenvalue weighted by molar-refractivity contribution is 9.10. The molecule has 1 saturated carbocycles. The van der Waals surface area contributed by atoms with Gasteiger partial charge in [-0.1, -0.05) is 6.42 Å². The number of hydrogen-bond acceptors (Lipinski definition) is 2. The Hall–Kier alpha value is -0.900. The maximum absolute atomic E-state index is 11.6. The summed E-state index contributed by atoms with van der Waals surface area (Å²) in [6, 6.07) is 1.88. The molecule has 0 aromatic carbocycles. The second-order valence-electron chi connectivity index (χ2n) is 3.94. The van der Waals surface area contributed by atoms with Crippen LogP contribution in [0.15, 0.2) is 16.7 Å². The summed E-state index contributed by atoms with van der Waals surface area (Å²) < 4.78 is 0.962. The molecule has 1 aliphatic rings. The number of amides is 1. The minimum atomic E-state index is 0.107. The zero-order valence-corrected chi connectivity index (χ0v) is 10.2. The zero-order chi connectivity index (χ0) is 10.8. The van der Waals surface area contributed by atoms with Crippen LogP contribution in [0.3, 0.4) is 0 Å². The van der Waals surface area contributed by atoms with Crippen LogP contribution in [-0.4, -0.2) is 10.9 Å². The van der Waals surface area contributed by atoms with Gasteiger partial charge in [-0.05, 0) is 47.3 Å². The van der Waals surface area contributed by atoms with Crippen molar-refractivity contribution in [2.45, 2.75) is 26.2 Å². The van der Waals surface area contributed by atoms with E-state index in [9.17, 15) is 4.79 Å². The number of rotatable bonds is 2. The van der Waals surface area contributed by atoms with Gasteiger partial charge in [-0.25, -0.2) is 4.98 Å². The molecule has 0 saturated heterocycles. The number of hydrogen-bond donors (Lipinski definition) is 1. The predicted molar refractivity (Wildman–Crippen MR) is 62.6 cm³/mol. The van der Waals surface area contributed by atoms with Crippen molar-refractivity contribution in [2.75, 3.05) is 5.32 Å². The van der Waals surface area contributed by atoms with Crippen LogP contribution in [0.25, 0.3) is 0 Å². The lowest BCUT2D eigenvalue weighted by molar-refractivity contribution is -0.122. The molecule has 1 fully saturated rings. The summed E-state index contributed by atoms with van der Waals surface area (Å²) in [6.07, 6.45) is 4.92. The molecule has 0 atom stereocenters. The van der Waals surface area contributed by atoms with Crippen molar-refractivity contribution >= 4 is 27.7 Å². The number of pyridine rings is 1. The van der Waals surface area contributed by atoms with Crippen LogP contribution in [0, 0.1) is 12.8 Å². The smallest absolute Gasteiger partial charge is 0.228 e. The Labute approximate surface area is 97.4 Å². The number of nitrogens with zero attached hydrogens (tertiary/aromatic N) is 1. The van der Waals surface area contributed by atoms with E-state index in [1.54, 1.807) is 6.20 Å². The molecule has 2 rings (SSSR count). The molecule has 15 heavy (non-hydrogen) atoms. The molecule has 1 aromatic rings. The summed E-state index contributed by atoms with van der Waals surface area (Å²) in [5.74, 6) is 0.957. The van der Waals surface area contributed by atoms with Crippen LogP contribution in [0.5, 0.6) is 0 Å². The van der Waals surface area contributed by atoms with Crippen LogP contribution < -0.4 is 5.32 Å². The third-order valence-corrected chi connectivity index (χ3v) is 3.60. The number of carbonyl (C=O) groups excluding carboxylic acids is 1. The molecule has 0 bridgehead atoms. The molecule has 1 N–H and O–H groups in total. The second kappa shape index (κ2) is 4.31. The van der Waals surface area contributed by atoms with Crippen molar-refractivity contribution in [3.05, 3.63) is 22.3 Å². The Balaban J connectivity index is 2.03. The van der Waals surface area contributed by atoms with E-state index in [4.69, 9.17) is 0 Å². The maximum Gasteiger partial charge on any atom is 0.228 e. The van der Waals surface area contributed by atoms with Gasteiger partial charge in [0.1, 0.15) is 5.82 Å². The summed E-state index contributed by atoms with van der Waals surface area (Å²) in [7, 11) is 0. The van der Waals surface area contributed by atoms with Crippen LogP contribution in [0.4, 0.5) is 5.82 Å². The Morgan fingerprint density at radius 3 is 2.87 bits per heavy atom. The number of anilines is 1. The van der Waals surface area contributed by atoms with E-state index in [1.807, 2.05) is 13.0 Å². The summed E-state index contributed by atoms with van der Waals surface area (Å²) in [4.78, 5) is 15.8. The first kappa shape index (κ1) is 10.6. The molecule has 0 spiro atoms. The molecule has 80 valence electrons. The van der Waals surface area contributed by atoms with Crippen LogP contribution in [-0.2, 0) is 4.79 Å². The number of nitrogens with one attached hydrogen (secondary N) is 1. The fraction of sp³-hybridized carbons (Fsp3) is 0.455. The van der Waals surface area contributed by atoms with Gasteiger partial charge in [0.2, 0.25) is 5.91 Å². The largest absolute Gasteiger partial charge is 0.310 e. The molecule has 0 aliphatic heterocycles. The number of carbonyl (C=O) groups is 1. The maximum atomic E-state index is 11.6. The minimum Gasteiger partial charge on any atom is -0.310 e. The average molecular weight is 269 g/mol. The highest BCUT2D eigenvalue weighted by Crippen LogP contribution is 2.27. The van der Waals surface area contributed by atoms with Gasteiger partial charge in [0.05, 0.1) is 0 Å². The van der Waals surface area contributed by atoms with Crippen LogP contribution in [0.1, 0.15) is 24.8 Å². The Morgan fingerprint density at radius 2 is 2.33 bits per heavy atom. The van der Waals surface area contributed by atoms with Crippen molar-refractivity contribution < 1.29 is 4.79 Å². The molecule has 1 aliphatic carbocycles. The lowest BCUT2D eigenvalue weighted by Gasteiger charge is -2.23. The Kier molecular flexibility index (Phi) is 3.05. The fourth-order valence-corrected chi connectivity index (χ4v) is 1.72. The van der Waals surface area contributed by atoms with E-state index < -0.39 is 0 Å². The van der Waals surface area contributed by atoms with Gasteiger partial charge in [0.15, 0.2) is 0 Å². The standard InChI is InChI=1S/C11H13BrN2O/c1-7-5-10(13-6-9(7)12)14-11(15)8-3-2-4-8/h5-6,8H,2-4H2,1H3,(H,13,14,15). The predicted octanol–water partition coefficient (Wildman–Crippen LogP) is 2.89. The molecular formula is C11H13BrN2O. The van der Waals surface area contributed by atoms with E-state index in [1.165, 1.54) is 6.42 Å². The van der Waals surface area contributed by atoms with Gasteiger partial charge in [-0.15, -0.1) is 0 Å². The number of aryl methyl sites for hydroxylation is 1. The fourth-order valence-electron chi connectivity index (χ4n) is 1.51. The zero-order valence-electron chi connectivity index (χ0n) is 8.59. The Bertz CT molecular complexity index is 388. The van der Waals surface area contributed by atoms with Gasteiger partial charge in [0.25, 0.3) is 0 Å². The van der Waals surface area contributed by atoms with Crippen LogP contribution in [0.2, 0.25) is 0 Å². The summed E-state index contributed by atoms with van der Waals surface area (Å²) in [5, 5.41) is 2.84. The van der Waals surface area contributed by atoms with Crippen LogP contribution >= 0.6 is 15.9 Å². The summed E-state index contributed by atoms with van der Waals surface area (Å²) >= 11 is 3.37. The van der Waals surface area contributed by atoms with Gasteiger partial charge < -0.3 is 5.32 Å². The van der Waals surface area contributed by atoms with Gasteiger partial charge in [-0.2, -0.15) is 0 Å². The number of aromatic nitrogens is 1. The molecule has 1 amide bonds. The van der Waals surface area contributed by atoms with Crippen molar-refractivity contribution in [1.29, 1.82) is 0 Å². The van der Waals surface area contributed by atoms with Gasteiger partial charge in [-0.3, -0.25) is 4.79 Å². The molecule has 0 radical (unpaired) electrons. The average Bonchev–Trinajstić information content (AvgIpc) is 2.08. The van der Waals surface area contributed by atoms with E-state index in [0.717, 1.165) is 22.9 Å². The topological polar surface area (TPSA) is 42.0 Å². The lowest BCUT2D eigenvalue weighted by atomic mass is 9.85. The first-order valence-corrected chi connectivity index (χ1v) is 5.89. The monoisotopic (exact) mass is 268 g/mol. The van der Waals surface area contributed by atoms with Crippen molar-refractivity contribution in [3.8, 4) is 0 Å². The van der Waals surface area contributed by atoms with Crippen molar-refractivity contribution in [1.82, 2.24) is 4.98 Å². The summed E-state index contributed by atoms with van der Waals surface area (Å²) in [6.45, 7) is 1.98. The molecule has 0 unspecified atom stereocenters. The van der Waals surface area contributed by atoms with Crippen molar-refractivity contribution in [3.63, 3.8) is 0 Å². The molecule has 4 heteroatoms. The van der Waals surface area contributed by atoms with E-state index >= 15 is 0 Å². The quantitative estimate of drug-likeness (QED) is 0.896. The molecule has 3 nitrogen and oxygen atoms in total. The van der Waals surface area contributed by atoms with E-state index in [0.29, 0.717) is 5.82 Å². The highest BCUT2D eigenvalue weighted by Gasteiger charge is 2.25. The Morgan fingerprint density at radius 1 is 1.60 bits per heavy atom. The first-order valence-electron chi connectivity index (χ1n) is 5.10. The normalized spacial score (nSPS) is 15.9. The lowest BCUT2D eigenvalue weighted by Crippen LogP contribution is -2.28. The molecular weight excluding hydrogens is 256 g/mol. The molecule has 1 heterocycles. The van der Waals surface area contributed by atoms with E-state index in [-0.39, 0.29) is 11.8 Å². The van der Waals surface area contributed by atoms with Gasteiger partial charge >= 0.3 is 0 Å². The highest BCUT2D eigenvalue weighted by atomic mass is 79.9.